The number of aryl methyl sites for hydroxylation is 1. The fraction of sp³-hybridized carbons (Fsp3) is 0.600. The van der Waals surface area contributed by atoms with Crippen LogP contribution in [0, 0.1) is 12.8 Å². The van der Waals surface area contributed by atoms with Crippen LogP contribution < -0.4 is 5.32 Å². The molecule has 1 fully saturated rings. The molecule has 2 nitrogen and oxygen atoms in total. The molecular weight excluding hydrogens is 208 g/mol. The second-order valence-electron chi connectivity index (χ2n) is 5.39. The van der Waals surface area contributed by atoms with Crippen LogP contribution in [0.4, 0.5) is 0 Å². The number of piperidine rings is 1. The summed E-state index contributed by atoms with van der Waals surface area (Å²) in [5.74, 6) is 0.749. The lowest BCUT2D eigenvalue weighted by Gasteiger charge is -2.36. The average molecular weight is 232 g/mol. The molecule has 0 aromatic heterocycles. The molecule has 1 saturated heterocycles. The minimum atomic E-state index is 0.698. The Morgan fingerprint density at radius 1 is 1.41 bits per heavy atom. The molecule has 17 heavy (non-hydrogen) atoms. The Bertz CT molecular complexity index is 362. The highest BCUT2D eigenvalue weighted by molar-refractivity contribution is 5.22. The van der Waals surface area contributed by atoms with Gasteiger partial charge in [-0.05, 0) is 38.4 Å². The summed E-state index contributed by atoms with van der Waals surface area (Å²) in [5, 5.41) is 3.42. The molecule has 2 rings (SSSR count). The lowest BCUT2D eigenvalue weighted by Crippen LogP contribution is -2.46. The van der Waals surface area contributed by atoms with Crippen molar-refractivity contribution in [1.82, 2.24) is 10.2 Å². The second kappa shape index (κ2) is 5.65. The van der Waals surface area contributed by atoms with E-state index in [0.29, 0.717) is 6.04 Å². The minimum Gasteiger partial charge on any atom is -0.317 e. The quantitative estimate of drug-likeness (QED) is 0.861. The van der Waals surface area contributed by atoms with Crippen molar-refractivity contribution in [2.24, 2.45) is 5.92 Å². The van der Waals surface area contributed by atoms with Gasteiger partial charge in [-0.2, -0.15) is 0 Å². The molecule has 0 bridgehead atoms. The van der Waals surface area contributed by atoms with Gasteiger partial charge in [0.05, 0.1) is 0 Å². The summed E-state index contributed by atoms with van der Waals surface area (Å²) in [6.45, 7) is 8.04. The fourth-order valence-electron chi connectivity index (χ4n) is 2.87. The minimum absolute atomic E-state index is 0.698. The van der Waals surface area contributed by atoms with Crippen LogP contribution in [0.1, 0.15) is 24.5 Å². The number of nitrogens with one attached hydrogen (secondary N) is 1. The fourth-order valence-corrected chi connectivity index (χ4v) is 2.87. The van der Waals surface area contributed by atoms with Crippen LogP contribution in [0.2, 0.25) is 0 Å². The summed E-state index contributed by atoms with van der Waals surface area (Å²) in [6, 6.07) is 9.56. The average Bonchev–Trinajstić information content (AvgIpc) is 2.29. The molecule has 1 aromatic carbocycles. The van der Waals surface area contributed by atoms with Gasteiger partial charge in [0.25, 0.3) is 0 Å². The number of hydrogen-bond donors (Lipinski definition) is 1. The molecule has 2 heteroatoms. The molecule has 1 aliphatic rings. The standard InChI is InChI=1S/C15H24N2/c1-12-5-4-6-14(9-12)11-17-8-7-15(16-3)13(2)10-17/h4-6,9,13,15-16H,7-8,10-11H2,1-3H3. The van der Waals surface area contributed by atoms with Crippen molar-refractivity contribution >= 4 is 0 Å². The van der Waals surface area contributed by atoms with E-state index in [1.807, 2.05) is 0 Å². The van der Waals surface area contributed by atoms with Gasteiger partial charge in [-0.25, -0.2) is 0 Å². The SMILES string of the molecule is CNC1CCN(Cc2cccc(C)c2)CC1C. The second-order valence-corrected chi connectivity index (χ2v) is 5.39. The molecule has 0 saturated carbocycles. The van der Waals surface area contributed by atoms with E-state index in [2.05, 4.69) is 55.4 Å². The Labute approximate surface area is 105 Å². The highest BCUT2D eigenvalue weighted by Gasteiger charge is 2.24. The van der Waals surface area contributed by atoms with Crippen molar-refractivity contribution in [3.8, 4) is 0 Å². The molecule has 2 unspecified atom stereocenters. The van der Waals surface area contributed by atoms with Crippen LogP contribution >= 0.6 is 0 Å². The van der Waals surface area contributed by atoms with Gasteiger partial charge >= 0.3 is 0 Å². The van der Waals surface area contributed by atoms with E-state index in [-0.39, 0.29) is 0 Å². The molecule has 1 heterocycles. The lowest BCUT2D eigenvalue weighted by molar-refractivity contribution is 0.145. The van der Waals surface area contributed by atoms with Crippen molar-refractivity contribution in [1.29, 1.82) is 0 Å². The van der Waals surface area contributed by atoms with Crippen molar-refractivity contribution in [2.45, 2.75) is 32.9 Å². The third-order valence-electron chi connectivity index (χ3n) is 3.85. The molecule has 2 atom stereocenters. The summed E-state index contributed by atoms with van der Waals surface area (Å²) in [7, 11) is 2.08. The highest BCUT2D eigenvalue weighted by atomic mass is 15.1. The molecule has 0 aliphatic carbocycles. The van der Waals surface area contributed by atoms with Gasteiger partial charge in [-0.1, -0.05) is 36.8 Å². The van der Waals surface area contributed by atoms with Gasteiger partial charge in [0.1, 0.15) is 0 Å². The van der Waals surface area contributed by atoms with Gasteiger partial charge in [0, 0.05) is 19.1 Å². The maximum atomic E-state index is 3.42. The highest BCUT2D eigenvalue weighted by Crippen LogP contribution is 2.18. The van der Waals surface area contributed by atoms with Crippen LogP contribution in [0.3, 0.4) is 0 Å². The zero-order valence-corrected chi connectivity index (χ0v) is 11.2. The van der Waals surface area contributed by atoms with E-state index in [9.17, 15) is 0 Å². The van der Waals surface area contributed by atoms with Crippen LogP contribution in [-0.4, -0.2) is 31.1 Å². The van der Waals surface area contributed by atoms with E-state index in [1.165, 1.54) is 30.6 Å². The van der Waals surface area contributed by atoms with Crippen molar-refractivity contribution < 1.29 is 0 Å². The number of nitrogens with zero attached hydrogens (tertiary/aromatic N) is 1. The van der Waals surface area contributed by atoms with E-state index < -0.39 is 0 Å². The number of likely N-dealkylation sites (tertiary alicyclic amines) is 1. The first-order chi connectivity index (χ1) is 8.19. The maximum absolute atomic E-state index is 3.42. The van der Waals surface area contributed by atoms with Crippen LogP contribution in [0.15, 0.2) is 24.3 Å². The van der Waals surface area contributed by atoms with E-state index in [0.717, 1.165) is 12.5 Å². The van der Waals surface area contributed by atoms with Gasteiger partial charge in [0.15, 0.2) is 0 Å². The summed E-state index contributed by atoms with van der Waals surface area (Å²) in [5.41, 5.74) is 2.81. The number of benzene rings is 1. The molecule has 0 radical (unpaired) electrons. The molecule has 1 aliphatic heterocycles. The van der Waals surface area contributed by atoms with Crippen molar-refractivity contribution in [3.63, 3.8) is 0 Å². The Kier molecular flexibility index (Phi) is 4.19. The zero-order chi connectivity index (χ0) is 12.3. The predicted octanol–water partition coefficient (Wildman–Crippen LogP) is 2.42. The number of hydrogen-bond acceptors (Lipinski definition) is 2. The van der Waals surface area contributed by atoms with Crippen LogP contribution in [0.25, 0.3) is 0 Å². The van der Waals surface area contributed by atoms with E-state index in [1.54, 1.807) is 0 Å². The van der Waals surface area contributed by atoms with Crippen molar-refractivity contribution in [2.75, 3.05) is 20.1 Å². The summed E-state index contributed by atoms with van der Waals surface area (Å²) < 4.78 is 0. The number of rotatable bonds is 3. The topological polar surface area (TPSA) is 15.3 Å². The largest absolute Gasteiger partial charge is 0.317 e. The predicted molar refractivity (Wildman–Crippen MR) is 73.1 cm³/mol. The van der Waals surface area contributed by atoms with E-state index >= 15 is 0 Å². The van der Waals surface area contributed by atoms with E-state index in [4.69, 9.17) is 0 Å². The zero-order valence-electron chi connectivity index (χ0n) is 11.2. The monoisotopic (exact) mass is 232 g/mol. The van der Waals surface area contributed by atoms with Gasteiger partial charge in [-0.15, -0.1) is 0 Å². The molecular formula is C15H24N2. The van der Waals surface area contributed by atoms with Crippen LogP contribution in [-0.2, 0) is 6.54 Å². The molecule has 0 spiro atoms. The normalized spacial score (nSPS) is 26.1. The Balaban J connectivity index is 1.93. The molecule has 0 amide bonds. The molecule has 1 aromatic rings. The smallest absolute Gasteiger partial charge is 0.0233 e. The molecule has 1 N–H and O–H groups in total. The lowest BCUT2D eigenvalue weighted by atomic mass is 9.93. The third kappa shape index (κ3) is 3.30. The Morgan fingerprint density at radius 2 is 2.24 bits per heavy atom. The van der Waals surface area contributed by atoms with Crippen LogP contribution in [0.5, 0.6) is 0 Å². The maximum Gasteiger partial charge on any atom is 0.0233 e. The first-order valence-corrected chi connectivity index (χ1v) is 6.64. The molecule has 94 valence electrons. The van der Waals surface area contributed by atoms with Gasteiger partial charge < -0.3 is 5.32 Å². The van der Waals surface area contributed by atoms with Gasteiger partial charge in [-0.3, -0.25) is 4.90 Å². The first kappa shape index (κ1) is 12.6. The summed E-state index contributed by atoms with van der Waals surface area (Å²) >= 11 is 0. The van der Waals surface area contributed by atoms with Gasteiger partial charge in [0.2, 0.25) is 0 Å². The Hall–Kier alpha value is -0.860. The van der Waals surface area contributed by atoms with Crippen molar-refractivity contribution in [3.05, 3.63) is 35.4 Å². The summed E-state index contributed by atoms with van der Waals surface area (Å²) in [4.78, 5) is 2.58. The summed E-state index contributed by atoms with van der Waals surface area (Å²) in [6.07, 6.45) is 1.27. The first-order valence-electron chi connectivity index (χ1n) is 6.64. The third-order valence-corrected chi connectivity index (χ3v) is 3.85. The Morgan fingerprint density at radius 3 is 2.88 bits per heavy atom.